The Bertz CT molecular complexity index is 814. The van der Waals surface area contributed by atoms with Gasteiger partial charge in [-0.15, -0.1) is 0 Å². The van der Waals surface area contributed by atoms with Gasteiger partial charge in [-0.1, -0.05) is 41.6 Å². The maximum atomic E-state index is 12.5. The van der Waals surface area contributed by atoms with E-state index in [1.807, 2.05) is 43.3 Å². The van der Waals surface area contributed by atoms with E-state index in [-0.39, 0.29) is 36.1 Å². The number of carbonyl (C=O) groups is 2. The Morgan fingerprint density at radius 2 is 1.79 bits per heavy atom. The first-order valence-electron chi connectivity index (χ1n) is 8.04. The number of amides is 2. The molecule has 1 aliphatic carbocycles. The molecule has 1 aromatic heterocycles. The minimum atomic E-state index is -0.235. The Morgan fingerprint density at radius 3 is 2.46 bits per heavy atom. The van der Waals surface area contributed by atoms with Gasteiger partial charge in [0.25, 0.3) is 0 Å². The van der Waals surface area contributed by atoms with Gasteiger partial charge in [-0.25, -0.2) is 0 Å². The van der Waals surface area contributed by atoms with Gasteiger partial charge >= 0.3 is 0 Å². The van der Waals surface area contributed by atoms with Crippen LogP contribution in [0.15, 0.2) is 40.9 Å². The van der Waals surface area contributed by atoms with Gasteiger partial charge in [0.2, 0.25) is 23.5 Å². The van der Waals surface area contributed by atoms with Crippen LogP contribution >= 0.6 is 0 Å². The first-order valence-corrected chi connectivity index (χ1v) is 8.04. The zero-order valence-electron chi connectivity index (χ0n) is 13.3. The first-order chi connectivity index (χ1) is 11.6. The van der Waals surface area contributed by atoms with Crippen molar-refractivity contribution < 1.29 is 14.1 Å². The number of nitrogens with zero attached hydrogens (tertiary/aromatic N) is 3. The van der Waals surface area contributed by atoms with Gasteiger partial charge in [-0.3, -0.25) is 14.5 Å². The van der Waals surface area contributed by atoms with E-state index in [1.165, 1.54) is 4.90 Å². The normalized spacial score (nSPS) is 23.0. The molecule has 24 heavy (non-hydrogen) atoms. The molecular weight excluding hydrogens is 306 g/mol. The highest BCUT2D eigenvalue weighted by Crippen LogP contribution is 2.35. The summed E-state index contributed by atoms with van der Waals surface area (Å²) in [5.41, 5.74) is 1.92. The second-order valence-corrected chi connectivity index (χ2v) is 6.25. The molecule has 2 aromatic rings. The number of benzene rings is 1. The lowest BCUT2D eigenvalue weighted by molar-refractivity contribution is -0.141. The molecular formula is C18H17N3O3. The van der Waals surface area contributed by atoms with Crippen molar-refractivity contribution in [3.8, 4) is 11.4 Å². The van der Waals surface area contributed by atoms with E-state index in [0.717, 1.165) is 11.1 Å². The number of aromatic nitrogens is 2. The largest absolute Gasteiger partial charge is 0.337 e. The second kappa shape index (κ2) is 5.70. The van der Waals surface area contributed by atoms with E-state index in [1.54, 1.807) is 0 Å². The number of rotatable bonds is 3. The lowest BCUT2D eigenvalue weighted by Gasteiger charge is -2.14. The Hall–Kier alpha value is -2.76. The second-order valence-electron chi connectivity index (χ2n) is 6.25. The summed E-state index contributed by atoms with van der Waals surface area (Å²) < 4.78 is 5.26. The van der Waals surface area contributed by atoms with E-state index in [2.05, 4.69) is 10.1 Å². The van der Waals surface area contributed by atoms with Gasteiger partial charge in [0.15, 0.2) is 0 Å². The van der Waals surface area contributed by atoms with Crippen LogP contribution in [-0.4, -0.2) is 26.9 Å². The molecule has 0 spiro atoms. The summed E-state index contributed by atoms with van der Waals surface area (Å²) >= 11 is 0. The van der Waals surface area contributed by atoms with E-state index in [9.17, 15) is 9.59 Å². The molecule has 6 nitrogen and oxygen atoms in total. The number of fused-ring (bicyclic) bond motifs is 1. The molecule has 2 aliphatic rings. The van der Waals surface area contributed by atoms with Gasteiger partial charge in [0, 0.05) is 5.56 Å². The standard InChI is InChI=1S/C18H17N3O3/c1-11-6-2-3-7-12(11)16-19-15(24-20-16)10-21-17(22)13-8-4-5-9-14(13)18(21)23/h2-7,13-14H,8-10H2,1H3/t13-,14+. The molecule has 0 bridgehead atoms. The zero-order chi connectivity index (χ0) is 16.7. The predicted octanol–water partition coefficient (Wildman–Crippen LogP) is 2.50. The van der Waals surface area contributed by atoms with Gasteiger partial charge < -0.3 is 4.52 Å². The Balaban J connectivity index is 1.56. The SMILES string of the molecule is Cc1ccccc1-c1noc(CN2C(=O)[C@H]3CC=CC[C@H]3C2=O)n1. The monoisotopic (exact) mass is 323 g/mol. The van der Waals surface area contributed by atoms with Crippen LogP contribution in [0.2, 0.25) is 0 Å². The highest BCUT2D eigenvalue weighted by Gasteiger charge is 2.47. The minimum absolute atomic E-state index is 0.0452. The van der Waals surface area contributed by atoms with Crippen molar-refractivity contribution in [2.45, 2.75) is 26.3 Å². The molecule has 0 radical (unpaired) electrons. The molecule has 1 aliphatic heterocycles. The third-order valence-electron chi connectivity index (χ3n) is 4.75. The zero-order valence-corrected chi connectivity index (χ0v) is 13.3. The fourth-order valence-corrected chi connectivity index (χ4v) is 3.41. The van der Waals surface area contributed by atoms with Gasteiger partial charge in [-0.2, -0.15) is 4.98 Å². The average Bonchev–Trinajstić information content (AvgIpc) is 3.15. The fraction of sp³-hybridized carbons (Fsp3) is 0.333. The molecule has 2 amide bonds. The van der Waals surface area contributed by atoms with E-state index in [4.69, 9.17) is 4.52 Å². The molecule has 1 fully saturated rings. The van der Waals surface area contributed by atoms with Crippen LogP contribution in [0.4, 0.5) is 0 Å². The van der Waals surface area contributed by atoms with Crippen LogP contribution in [0, 0.1) is 18.8 Å². The van der Waals surface area contributed by atoms with Crippen molar-refractivity contribution in [1.29, 1.82) is 0 Å². The summed E-state index contributed by atoms with van der Waals surface area (Å²) in [5.74, 6) is 0.0142. The Kier molecular flexibility index (Phi) is 3.52. The summed E-state index contributed by atoms with van der Waals surface area (Å²) in [5, 5.41) is 3.98. The molecule has 2 atom stereocenters. The fourth-order valence-electron chi connectivity index (χ4n) is 3.41. The minimum Gasteiger partial charge on any atom is -0.337 e. The topological polar surface area (TPSA) is 76.3 Å². The van der Waals surface area contributed by atoms with E-state index < -0.39 is 0 Å². The summed E-state index contributed by atoms with van der Waals surface area (Å²) in [6.07, 6.45) is 5.20. The number of allylic oxidation sites excluding steroid dienone is 2. The first kappa shape index (κ1) is 14.8. The third-order valence-corrected chi connectivity index (χ3v) is 4.75. The highest BCUT2D eigenvalue weighted by atomic mass is 16.5. The molecule has 0 unspecified atom stereocenters. The van der Waals surface area contributed by atoms with Crippen LogP contribution in [0.1, 0.15) is 24.3 Å². The summed E-state index contributed by atoms with van der Waals surface area (Å²) in [6.45, 7) is 2.01. The van der Waals surface area contributed by atoms with Crippen molar-refractivity contribution in [3.63, 3.8) is 0 Å². The van der Waals surface area contributed by atoms with E-state index >= 15 is 0 Å². The van der Waals surface area contributed by atoms with Crippen molar-refractivity contribution in [3.05, 3.63) is 47.9 Å². The molecule has 6 heteroatoms. The van der Waals surface area contributed by atoms with Crippen molar-refractivity contribution in [2.24, 2.45) is 11.8 Å². The molecule has 1 saturated heterocycles. The third kappa shape index (κ3) is 2.35. The van der Waals surface area contributed by atoms with Gasteiger partial charge in [0.1, 0.15) is 6.54 Å². The van der Waals surface area contributed by atoms with Crippen molar-refractivity contribution in [1.82, 2.24) is 15.0 Å². The Labute approximate surface area is 139 Å². The van der Waals surface area contributed by atoms with E-state index in [0.29, 0.717) is 18.7 Å². The van der Waals surface area contributed by atoms with Crippen LogP contribution in [-0.2, 0) is 16.1 Å². The maximum absolute atomic E-state index is 12.5. The quantitative estimate of drug-likeness (QED) is 0.641. The van der Waals surface area contributed by atoms with Crippen LogP contribution < -0.4 is 0 Å². The number of hydrogen-bond donors (Lipinski definition) is 0. The smallest absolute Gasteiger partial charge is 0.247 e. The van der Waals surface area contributed by atoms with Crippen LogP contribution in [0.5, 0.6) is 0 Å². The summed E-state index contributed by atoms with van der Waals surface area (Å²) in [7, 11) is 0. The molecule has 4 rings (SSSR count). The number of likely N-dealkylation sites (tertiary alicyclic amines) is 1. The molecule has 1 aromatic carbocycles. The lowest BCUT2D eigenvalue weighted by atomic mass is 9.85. The summed E-state index contributed by atoms with van der Waals surface area (Å²) in [4.78, 5) is 30.5. The average molecular weight is 323 g/mol. The van der Waals surface area contributed by atoms with Crippen LogP contribution in [0.3, 0.4) is 0 Å². The molecule has 2 heterocycles. The Morgan fingerprint density at radius 1 is 1.12 bits per heavy atom. The lowest BCUT2D eigenvalue weighted by Crippen LogP contribution is -2.30. The number of aryl methyl sites for hydroxylation is 1. The highest BCUT2D eigenvalue weighted by molar-refractivity contribution is 6.05. The molecule has 0 saturated carbocycles. The number of imide groups is 1. The number of carbonyl (C=O) groups excluding carboxylic acids is 2. The molecule has 122 valence electrons. The van der Waals surface area contributed by atoms with Crippen molar-refractivity contribution >= 4 is 11.8 Å². The number of hydrogen-bond acceptors (Lipinski definition) is 5. The maximum Gasteiger partial charge on any atom is 0.247 e. The van der Waals surface area contributed by atoms with Gasteiger partial charge in [0.05, 0.1) is 11.8 Å². The summed E-state index contributed by atoms with van der Waals surface area (Å²) in [6, 6.07) is 7.73. The van der Waals surface area contributed by atoms with Crippen molar-refractivity contribution in [2.75, 3.05) is 0 Å². The predicted molar refractivity (Wildman–Crippen MR) is 85.4 cm³/mol. The van der Waals surface area contributed by atoms with Crippen LogP contribution in [0.25, 0.3) is 11.4 Å². The van der Waals surface area contributed by atoms with Gasteiger partial charge in [-0.05, 0) is 25.3 Å². The molecule has 0 N–H and O–H groups in total.